The van der Waals surface area contributed by atoms with Gasteiger partial charge in [-0.05, 0) is 41.8 Å². The van der Waals surface area contributed by atoms with Gasteiger partial charge in [0.25, 0.3) is 5.91 Å². The number of anilines is 1. The predicted octanol–water partition coefficient (Wildman–Crippen LogP) is 3.89. The molecule has 0 aliphatic carbocycles. The molecule has 0 aliphatic heterocycles. The van der Waals surface area contributed by atoms with Gasteiger partial charge in [0.2, 0.25) is 5.91 Å². The van der Waals surface area contributed by atoms with Crippen LogP contribution in [-0.4, -0.2) is 31.3 Å². The summed E-state index contributed by atoms with van der Waals surface area (Å²) in [4.78, 5) is 36.6. The van der Waals surface area contributed by atoms with Crippen LogP contribution in [0, 0.1) is 0 Å². The summed E-state index contributed by atoms with van der Waals surface area (Å²) in [5, 5.41) is 5.46. The molecule has 1 atom stereocenters. The normalized spacial score (nSPS) is 11.5. The fourth-order valence-corrected chi connectivity index (χ4v) is 3.11. The van der Waals surface area contributed by atoms with Gasteiger partial charge in [0.05, 0.1) is 18.8 Å². The highest BCUT2D eigenvalue weighted by Crippen LogP contribution is 2.25. The number of hydrogen-bond acceptors (Lipinski definition) is 4. The average Bonchev–Trinajstić information content (AvgIpc) is 2.83. The fraction of sp³-hybridized carbons (Fsp3) is 0.115. The summed E-state index contributed by atoms with van der Waals surface area (Å²) in [6.45, 7) is 0. The van der Waals surface area contributed by atoms with Crippen molar-refractivity contribution in [3.63, 3.8) is 0 Å². The van der Waals surface area contributed by atoms with E-state index in [2.05, 4.69) is 10.6 Å². The van der Waals surface area contributed by atoms with E-state index in [9.17, 15) is 14.4 Å². The molecule has 3 rings (SSSR count). The largest absolute Gasteiger partial charge is 0.495 e. The van der Waals surface area contributed by atoms with Crippen LogP contribution in [0.15, 0.2) is 84.9 Å². The van der Waals surface area contributed by atoms with Gasteiger partial charge in [-0.15, -0.1) is 0 Å². The van der Waals surface area contributed by atoms with E-state index in [1.54, 1.807) is 18.2 Å². The van der Waals surface area contributed by atoms with Crippen LogP contribution in [0.3, 0.4) is 0 Å². The Morgan fingerprint density at radius 2 is 1.66 bits per heavy atom. The number of amides is 2. The summed E-state index contributed by atoms with van der Waals surface area (Å²) in [5.74, 6) is -0.366. The number of carbonyl (C=O) groups is 3. The van der Waals surface area contributed by atoms with Gasteiger partial charge >= 0.3 is 0 Å². The Morgan fingerprint density at radius 1 is 0.969 bits per heavy atom. The third kappa shape index (κ3) is 6.40. The Hall–Kier alpha value is -4.19. The molecule has 0 aliphatic rings. The van der Waals surface area contributed by atoms with Crippen molar-refractivity contribution in [2.45, 2.75) is 12.5 Å². The zero-order valence-corrected chi connectivity index (χ0v) is 17.7. The lowest BCUT2D eigenvalue weighted by atomic mass is 10.1. The Labute approximate surface area is 186 Å². The van der Waals surface area contributed by atoms with Crippen LogP contribution < -0.4 is 15.4 Å². The molecule has 162 valence electrons. The summed E-state index contributed by atoms with van der Waals surface area (Å²) in [6.07, 6.45) is 4.20. The maximum atomic E-state index is 12.7. The van der Waals surface area contributed by atoms with Crippen LogP contribution in [0.5, 0.6) is 5.75 Å². The molecule has 0 heterocycles. The first-order valence-electron chi connectivity index (χ1n) is 10.1. The summed E-state index contributed by atoms with van der Waals surface area (Å²) in [7, 11) is 1.48. The van der Waals surface area contributed by atoms with E-state index < -0.39 is 11.9 Å². The third-order valence-electron chi connectivity index (χ3n) is 4.73. The monoisotopic (exact) mass is 428 g/mol. The first-order valence-corrected chi connectivity index (χ1v) is 10.1. The van der Waals surface area contributed by atoms with Gasteiger partial charge in [-0.3, -0.25) is 9.59 Å². The summed E-state index contributed by atoms with van der Waals surface area (Å²) in [6, 6.07) is 22.9. The molecule has 2 amide bonds. The van der Waals surface area contributed by atoms with Gasteiger partial charge in [0, 0.05) is 11.6 Å². The number of benzene rings is 3. The molecule has 0 spiro atoms. The maximum Gasteiger partial charge on any atom is 0.251 e. The minimum Gasteiger partial charge on any atom is -0.495 e. The number of rotatable bonds is 9. The Bertz CT molecular complexity index is 1100. The van der Waals surface area contributed by atoms with Crippen molar-refractivity contribution < 1.29 is 19.1 Å². The summed E-state index contributed by atoms with van der Waals surface area (Å²) in [5.41, 5.74) is 2.49. The highest BCUT2D eigenvalue weighted by molar-refractivity contribution is 6.04. The minimum absolute atomic E-state index is 0.299. The van der Waals surface area contributed by atoms with Gasteiger partial charge in [-0.1, -0.05) is 60.7 Å². The SMILES string of the molecule is COc1ccc(C(=O)N[C@H](C=O)Cc2ccccc2)cc1NC(=O)C=Cc1ccccc1. The molecule has 6 heteroatoms. The molecule has 0 unspecified atom stereocenters. The van der Waals surface area contributed by atoms with Crippen molar-refractivity contribution in [1.82, 2.24) is 5.32 Å². The first kappa shape index (κ1) is 22.5. The van der Waals surface area contributed by atoms with E-state index in [1.165, 1.54) is 19.3 Å². The molecule has 3 aromatic carbocycles. The molecule has 0 saturated heterocycles. The number of aldehydes is 1. The van der Waals surface area contributed by atoms with E-state index in [-0.39, 0.29) is 5.91 Å². The molecule has 3 aromatic rings. The first-order chi connectivity index (χ1) is 15.6. The quantitative estimate of drug-likeness (QED) is 0.400. The van der Waals surface area contributed by atoms with Crippen molar-refractivity contribution in [3.8, 4) is 5.75 Å². The topological polar surface area (TPSA) is 84.5 Å². The van der Waals surface area contributed by atoms with Gasteiger partial charge in [0.1, 0.15) is 12.0 Å². The molecule has 0 bridgehead atoms. The molecular formula is C26H24N2O4. The molecular weight excluding hydrogens is 404 g/mol. The molecule has 0 aromatic heterocycles. The lowest BCUT2D eigenvalue weighted by Gasteiger charge is -2.15. The third-order valence-corrected chi connectivity index (χ3v) is 4.73. The van der Waals surface area contributed by atoms with E-state index in [1.807, 2.05) is 60.7 Å². The number of carbonyl (C=O) groups excluding carboxylic acids is 3. The Morgan fingerprint density at radius 3 is 2.31 bits per heavy atom. The van der Waals surface area contributed by atoms with Gasteiger partial charge < -0.3 is 20.2 Å². The predicted molar refractivity (Wildman–Crippen MR) is 125 cm³/mol. The minimum atomic E-state index is -0.668. The zero-order valence-electron chi connectivity index (χ0n) is 17.7. The van der Waals surface area contributed by atoms with E-state index >= 15 is 0 Å². The van der Waals surface area contributed by atoms with Crippen LogP contribution in [0.1, 0.15) is 21.5 Å². The van der Waals surface area contributed by atoms with Crippen LogP contribution in [0.25, 0.3) is 6.08 Å². The molecule has 32 heavy (non-hydrogen) atoms. The number of methoxy groups -OCH3 is 1. The van der Waals surface area contributed by atoms with Gasteiger partial charge in [-0.25, -0.2) is 0 Å². The summed E-state index contributed by atoms with van der Waals surface area (Å²) < 4.78 is 5.30. The fourth-order valence-electron chi connectivity index (χ4n) is 3.11. The second-order valence-electron chi connectivity index (χ2n) is 7.05. The van der Waals surface area contributed by atoms with Gasteiger partial charge in [-0.2, -0.15) is 0 Å². The highest BCUT2D eigenvalue weighted by atomic mass is 16.5. The van der Waals surface area contributed by atoms with Crippen molar-refractivity contribution >= 4 is 29.9 Å². The van der Waals surface area contributed by atoms with E-state index in [4.69, 9.17) is 4.74 Å². The number of hydrogen-bond donors (Lipinski definition) is 2. The van der Waals surface area contributed by atoms with Crippen molar-refractivity contribution in [3.05, 3.63) is 102 Å². The zero-order chi connectivity index (χ0) is 22.8. The highest BCUT2D eigenvalue weighted by Gasteiger charge is 2.16. The van der Waals surface area contributed by atoms with Gasteiger partial charge in [0.15, 0.2) is 0 Å². The van der Waals surface area contributed by atoms with E-state index in [0.29, 0.717) is 29.7 Å². The Balaban J connectivity index is 1.70. The molecule has 0 saturated carbocycles. The molecule has 0 fully saturated rings. The second kappa shape index (κ2) is 11.3. The van der Waals surface area contributed by atoms with Crippen LogP contribution >= 0.6 is 0 Å². The standard InChI is InChI=1S/C26H24N2O4/c1-32-24-14-13-21(26(31)27-22(18-29)16-20-10-6-3-7-11-20)17-23(24)28-25(30)15-12-19-8-4-2-5-9-19/h2-15,17-18,22H,16H2,1H3,(H,27,31)(H,28,30)/t22-/m0/s1. The number of ether oxygens (including phenoxy) is 1. The Kier molecular flexibility index (Phi) is 7.92. The summed E-state index contributed by atoms with van der Waals surface area (Å²) >= 11 is 0. The van der Waals surface area contributed by atoms with Crippen LogP contribution in [0.4, 0.5) is 5.69 Å². The van der Waals surface area contributed by atoms with Crippen LogP contribution in [0.2, 0.25) is 0 Å². The maximum absolute atomic E-state index is 12.7. The second-order valence-corrected chi connectivity index (χ2v) is 7.05. The molecule has 2 N–H and O–H groups in total. The lowest BCUT2D eigenvalue weighted by Crippen LogP contribution is -2.37. The van der Waals surface area contributed by atoms with Crippen LogP contribution in [-0.2, 0) is 16.0 Å². The van der Waals surface area contributed by atoms with Crippen molar-refractivity contribution in [1.29, 1.82) is 0 Å². The smallest absolute Gasteiger partial charge is 0.251 e. The number of nitrogens with one attached hydrogen (secondary N) is 2. The van der Waals surface area contributed by atoms with Crippen molar-refractivity contribution in [2.75, 3.05) is 12.4 Å². The lowest BCUT2D eigenvalue weighted by molar-refractivity contribution is -0.112. The molecule has 6 nitrogen and oxygen atoms in total. The van der Waals surface area contributed by atoms with E-state index in [0.717, 1.165) is 11.1 Å². The van der Waals surface area contributed by atoms with Crippen molar-refractivity contribution in [2.24, 2.45) is 0 Å². The molecule has 0 radical (unpaired) electrons. The average molecular weight is 428 g/mol.